The van der Waals surface area contributed by atoms with Gasteiger partial charge in [0.25, 0.3) is 0 Å². The molecule has 9 aromatic carbocycles. The van der Waals surface area contributed by atoms with Crippen LogP contribution in [0.1, 0.15) is 11.1 Å². The Balaban J connectivity index is 0.000000132. The summed E-state index contributed by atoms with van der Waals surface area (Å²) in [5.41, 5.74) is 5.75. The number of hydrogen-bond acceptors (Lipinski definition) is 0. The van der Waals surface area contributed by atoms with E-state index in [1.807, 2.05) is 0 Å². The topological polar surface area (TPSA) is 0 Å². The molecule has 0 saturated heterocycles. The molecule has 0 bridgehead atoms. The normalized spacial score (nSPS) is 12.8. The fourth-order valence-corrected chi connectivity index (χ4v) is 6.97. The minimum absolute atomic E-state index is 1.10. The van der Waals surface area contributed by atoms with Crippen molar-refractivity contribution in [3.8, 4) is 11.1 Å². The zero-order valence-corrected chi connectivity index (χ0v) is 20.3. The molecule has 0 heterocycles. The fourth-order valence-electron chi connectivity index (χ4n) is 6.97. The Kier molecular flexibility index (Phi) is 3.67. The van der Waals surface area contributed by atoms with E-state index in [1.54, 1.807) is 0 Å². The molecule has 0 aliphatic heterocycles. The number of benzene rings is 9. The van der Waals surface area contributed by atoms with Crippen LogP contribution in [0.3, 0.4) is 0 Å². The van der Waals surface area contributed by atoms with E-state index in [-0.39, 0.29) is 0 Å². The summed E-state index contributed by atoms with van der Waals surface area (Å²) in [6.45, 7) is 0. The first-order chi connectivity index (χ1) is 18.3. The van der Waals surface area contributed by atoms with Crippen LogP contribution < -0.4 is 0 Å². The van der Waals surface area contributed by atoms with Crippen LogP contribution in [0.15, 0.2) is 121 Å². The van der Waals surface area contributed by atoms with Crippen LogP contribution >= 0.6 is 0 Å². The molecule has 0 atom stereocenters. The molecule has 0 aromatic heterocycles. The molecule has 1 aliphatic rings. The van der Waals surface area contributed by atoms with Crippen LogP contribution in [-0.2, 0) is 6.42 Å². The highest BCUT2D eigenvalue weighted by molar-refractivity contribution is 6.44. The Morgan fingerprint density at radius 2 is 0.514 bits per heavy atom. The number of fused-ring (bicyclic) bond motifs is 3. The molecule has 0 spiro atoms. The molecule has 9 aromatic rings. The summed E-state index contributed by atoms with van der Waals surface area (Å²) in [7, 11) is 0. The van der Waals surface area contributed by atoms with Gasteiger partial charge in [-0.05, 0) is 93.3 Å². The van der Waals surface area contributed by atoms with Gasteiger partial charge >= 0.3 is 0 Å². The van der Waals surface area contributed by atoms with Gasteiger partial charge in [-0.3, -0.25) is 0 Å². The third-order valence-electron chi connectivity index (χ3n) is 8.59. The van der Waals surface area contributed by atoms with E-state index in [9.17, 15) is 0 Å². The van der Waals surface area contributed by atoms with Crippen molar-refractivity contribution >= 4 is 64.6 Å². The summed E-state index contributed by atoms with van der Waals surface area (Å²) in [4.78, 5) is 0. The molecule has 0 unspecified atom stereocenters. The van der Waals surface area contributed by atoms with Crippen molar-refractivity contribution in [2.24, 2.45) is 0 Å². The molecular weight excluding hydrogens is 444 g/mol. The Labute approximate surface area is 214 Å². The molecule has 10 rings (SSSR count). The van der Waals surface area contributed by atoms with E-state index in [2.05, 4.69) is 121 Å². The van der Waals surface area contributed by atoms with Gasteiger partial charge in [0.15, 0.2) is 0 Å². The van der Waals surface area contributed by atoms with Crippen LogP contribution in [0.2, 0.25) is 0 Å². The molecule has 0 fully saturated rings. The lowest BCUT2D eigenvalue weighted by Gasteiger charge is -2.20. The van der Waals surface area contributed by atoms with E-state index in [0.29, 0.717) is 0 Å². The third kappa shape index (κ3) is 2.52. The van der Waals surface area contributed by atoms with Gasteiger partial charge in [0, 0.05) is 0 Å². The molecule has 0 radical (unpaired) electrons. The van der Waals surface area contributed by atoms with E-state index in [0.717, 1.165) is 6.42 Å². The Bertz CT molecular complexity index is 1830. The molecule has 0 saturated carbocycles. The standard InChI is InChI=1S/C24H12.C13H10/c1-2-14-5-6-16-9-11-18-12-10-17-8-7-15-4-3-13(1)19-20(14)22(16)24(18)23(17)21(15)19;1-3-7-12-10(5-1)9-11-6-2-4-8-13(11)12/h1-12H;1-8H,9H2. The summed E-state index contributed by atoms with van der Waals surface area (Å²) in [5, 5.41) is 16.7. The van der Waals surface area contributed by atoms with Gasteiger partial charge in [0.05, 0.1) is 0 Å². The first-order valence-electron chi connectivity index (χ1n) is 13.1. The van der Waals surface area contributed by atoms with Gasteiger partial charge in [-0.2, -0.15) is 0 Å². The van der Waals surface area contributed by atoms with Crippen molar-refractivity contribution < 1.29 is 0 Å². The van der Waals surface area contributed by atoms with Crippen molar-refractivity contribution in [1.82, 2.24) is 0 Å². The van der Waals surface area contributed by atoms with Crippen LogP contribution in [-0.4, -0.2) is 0 Å². The Morgan fingerprint density at radius 1 is 0.270 bits per heavy atom. The minimum atomic E-state index is 1.10. The summed E-state index contributed by atoms with van der Waals surface area (Å²) in [5.74, 6) is 0. The van der Waals surface area contributed by atoms with E-state index in [1.165, 1.54) is 86.9 Å². The maximum Gasteiger partial charge on any atom is -0.00135 e. The average Bonchev–Trinajstić information content (AvgIpc) is 3.35. The quantitative estimate of drug-likeness (QED) is 0.154. The number of rotatable bonds is 0. The minimum Gasteiger partial charge on any atom is -0.0619 e. The number of hydrogen-bond donors (Lipinski definition) is 0. The van der Waals surface area contributed by atoms with E-state index in [4.69, 9.17) is 0 Å². The largest absolute Gasteiger partial charge is 0.0619 e. The van der Waals surface area contributed by atoms with Crippen LogP contribution in [0, 0.1) is 0 Å². The highest BCUT2D eigenvalue weighted by Gasteiger charge is 2.19. The van der Waals surface area contributed by atoms with Crippen molar-refractivity contribution in [2.45, 2.75) is 6.42 Å². The van der Waals surface area contributed by atoms with Gasteiger partial charge in [-0.1, -0.05) is 121 Å². The molecule has 0 N–H and O–H groups in total. The highest BCUT2D eigenvalue weighted by atomic mass is 14.2. The average molecular weight is 467 g/mol. The second-order valence-electron chi connectivity index (χ2n) is 10.5. The fraction of sp³-hybridized carbons (Fsp3) is 0.0270. The monoisotopic (exact) mass is 466 g/mol. The molecule has 0 nitrogen and oxygen atoms in total. The van der Waals surface area contributed by atoms with E-state index < -0.39 is 0 Å². The van der Waals surface area contributed by atoms with Crippen molar-refractivity contribution in [2.75, 3.05) is 0 Å². The zero-order chi connectivity index (χ0) is 24.1. The van der Waals surface area contributed by atoms with Crippen molar-refractivity contribution in [3.63, 3.8) is 0 Å². The summed E-state index contributed by atoms with van der Waals surface area (Å²) >= 11 is 0. The predicted octanol–water partition coefficient (Wildman–Crippen LogP) is 10.2. The molecule has 170 valence electrons. The SMILES string of the molecule is c1cc2ccc3ccc4ccc5ccc6ccc1c1c2c3c4c5c61.c1ccc2c(c1)Cc1ccccc1-2. The van der Waals surface area contributed by atoms with Crippen LogP contribution in [0.5, 0.6) is 0 Å². The molecule has 1 aliphatic carbocycles. The maximum absolute atomic E-state index is 2.27. The lowest BCUT2D eigenvalue weighted by Crippen LogP contribution is -1.91. The molecule has 0 amide bonds. The van der Waals surface area contributed by atoms with Crippen LogP contribution in [0.25, 0.3) is 75.8 Å². The predicted molar refractivity (Wildman–Crippen MR) is 160 cm³/mol. The second-order valence-corrected chi connectivity index (χ2v) is 10.5. The van der Waals surface area contributed by atoms with Gasteiger partial charge in [0.2, 0.25) is 0 Å². The Morgan fingerprint density at radius 3 is 0.784 bits per heavy atom. The first kappa shape index (κ1) is 19.5. The third-order valence-corrected chi connectivity index (χ3v) is 8.59. The summed E-state index contributed by atoms with van der Waals surface area (Å²) in [6.07, 6.45) is 1.10. The molecule has 37 heavy (non-hydrogen) atoms. The molecular formula is C37H22. The van der Waals surface area contributed by atoms with Gasteiger partial charge in [0.1, 0.15) is 0 Å². The van der Waals surface area contributed by atoms with Crippen molar-refractivity contribution in [3.05, 3.63) is 132 Å². The summed E-state index contributed by atoms with van der Waals surface area (Å²) < 4.78 is 0. The lowest BCUT2D eigenvalue weighted by atomic mass is 9.83. The second kappa shape index (κ2) is 6.96. The molecule has 0 heteroatoms. The van der Waals surface area contributed by atoms with E-state index >= 15 is 0 Å². The smallest absolute Gasteiger partial charge is 0.00135 e. The Hall–Kier alpha value is -4.68. The summed E-state index contributed by atoms with van der Waals surface area (Å²) in [6, 6.07) is 44.6. The first-order valence-corrected chi connectivity index (χ1v) is 13.1. The highest BCUT2D eigenvalue weighted by Crippen LogP contribution is 2.47. The lowest BCUT2D eigenvalue weighted by molar-refractivity contribution is 1.26. The van der Waals surface area contributed by atoms with Gasteiger partial charge in [-0.25, -0.2) is 0 Å². The van der Waals surface area contributed by atoms with Gasteiger partial charge < -0.3 is 0 Å². The van der Waals surface area contributed by atoms with Crippen LogP contribution in [0.4, 0.5) is 0 Å². The maximum atomic E-state index is 2.27. The van der Waals surface area contributed by atoms with Gasteiger partial charge in [-0.15, -0.1) is 0 Å². The zero-order valence-electron chi connectivity index (χ0n) is 20.3. The van der Waals surface area contributed by atoms with Crippen molar-refractivity contribution in [1.29, 1.82) is 0 Å².